The summed E-state index contributed by atoms with van der Waals surface area (Å²) in [5.74, 6) is -1.01. The number of carboxylic acid groups (broad SMARTS) is 1. The first-order valence-electron chi connectivity index (χ1n) is 5.23. The predicted molar refractivity (Wildman–Crippen MR) is 68.6 cm³/mol. The van der Waals surface area contributed by atoms with Crippen molar-refractivity contribution in [3.8, 4) is 0 Å². The first-order chi connectivity index (χ1) is 7.52. The number of halogens is 1. The number of hydrogen-bond acceptors (Lipinski definition) is 2. The Morgan fingerprint density at radius 1 is 1.44 bits per heavy atom. The average molecular weight is 286 g/mol. The number of nitrogens with one attached hydrogen (secondary N) is 1. The summed E-state index contributed by atoms with van der Waals surface area (Å²) in [6.07, 6.45) is 0. The Kier molecular flexibility index (Phi) is 4.80. The molecule has 0 aromatic heterocycles. The van der Waals surface area contributed by atoms with Gasteiger partial charge in [-0.3, -0.25) is 4.79 Å². The molecule has 0 spiro atoms. The molecule has 0 radical (unpaired) electrons. The van der Waals surface area contributed by atoms with Crippen LogP contribution in [0.5, 0.6) is 0 Å². The Balaban J connectivity index is 2.63. The summed E-state index contributed by atoms with van der Waals surface area (Å²) in [6, 6.07) is 7.68. The molecule has 88 valence electrons. The SMILES string of the molecule is CC(C)C(CNc1ccccc1Br)C(=O)O. The number of benzene rings is 1. The summed E-state index contributed by atoms with van der Waals surface area (Å²) in [7, 11) is 0. The number of anilines is 1. The number of aliphatic carboxylic acids is 1. The second kappa shape index (κ2) is 5.89. The van der Waals surface area contributed by atoms with E-state index in [1.54, 1.807) is 0 Å². The van der Waals surface area contributed by atoms with Crippen LogP contribution in [0.4, 0.5) is 5.69 Å². The quantitative estimate of drug-likeness (QED) is 0.873. The Bertz CT molecular complexity index is 366. The molecule has 3 nitrogen and oxygen atoms in total. The molecule has 0 saturated carbocycles. The monoisotopic (exact) mass is 285 g/mol. The molecule has 0 aliphatic carbocycles. The van der Waals surface area contributed by atoms with E-state index in [-0.39, 0.29) is 11.8 Å². The maximum Gasteiger partial charge on any atom is 0.308 e. The Morgan fingerprint density at radius 3 is 2.56 bits per heavy atom. The van der Waals surface area contributed by atoms with Crippen LogP contribution in [0.1, 0.15) is 13.8 Å². The highest BCUT2D eigenvalue weighted by molar-refractivity contribution is 9.10. The molecule has 0 heterocycles. The van der Waals surface area contributed by atoms with E-state index < -0.39 is 5.97 Å². The molecular formula is C12H16BrNO2. The maximum atomic E-state index is 11.0. The van der Waals surface area contributed by atoms with E-state index >= 15 is 0 Å². The van der Waals surface area contributed by atoms with Crippen molar-refractivity contribution in [1.29, 1.82) is 0 Å². The number of rotatable bonds is 5. The molecule has 16 heavy (non-hydrogen) atoms. The second-order valence-electron chi connectivity index (χ2n) is 4.05. The average Bonchev–Trinajstić information content (AvgIpc) is 2.20. The summed E-state index contributed by atoms with van der Waals surface area (Å²) >= 11 is 3.41. The van der Waals surface area contributed by atoms with Crippen molar-refractivity contribution in [2.75, 3.05) is 11.9 Å². The fourth-order valence-electron chi connectivity index (χ4n) is 1.43. The van der Waals surface area contributed by atoms with Gasteiger partial charge in [-0.25, -0.2) is 0 Å². The topological polar surface area (TPSA) is 49.3 Å². The zero-order valence-corrected chi connectivity index (χ0v) is 11.0. The second-order valence-corrected chi connectivity index (χ2v) is 4.90. The van der Waals surface area contributed by atoms with Gasteiger partial charge >= 0.3 is 5.97 Å². The molecule has 0 saturated heterocycles. The standard InChI is InChI=1S/C12H16BrNO2/c1-8(2)9(12(15)16)7-14-11-6-4-3-5-10(11)13/h3-6,8-9,14H,7H2,1-2H3,(H,15,16). The summed E-state index contributed by atoms with van der Waals surface area (Å²) in [5, 5.41) is 12.2. The molecule has 0 aliphatic heterocycles. The largest absolute Gasteiger partial charge is 0.481 e. The molecule has 0 aliphatic rings. The van der Waals surface area contributed by atoms with Crippen LogP contribution in [0.15, 0.2) is 28.7 Å². The van der Waals surface area contributed by atoms with Gasteiger partial charge in [-0.15, -0.1) is 0 Å². The highest BCUT2D eigenvalue weighted by atomic mass is 79.9. The van der Waals surface area contributed by atoms with Gasteiger partial charge in [0.1, 0.15) is 0 Å². The molecule has 2 N–H and O–H groups in total. The summed E-state index contributed by atoms with van der Waals surface area (Å²) in [6.45, 7) is 4.27. The summed E-state index contributed by atoms with van der Waals surface area (Å²) < 4.78 is 0.947. The zero-order valence-electron chi connectivity index (χ0n) is 9.40. The van der Waals surface area contributed by atoms with Crippen molar-refractivity contribution in [3.05, 3.63) is 28.7 Å². The van der Waals surface area contributed by atoms with Crippen LogP contribution in [0, 0.1) is 11.8 Å². The molecule has 0 fully saturated rings. The molecule has 0 bridgehead atoms. The molecule has 1 rings (SSSR count). The van der Waals surface area contributed by atoms with Gasteiger partial charge in [0.25, 0.3) is 0 Å². The lowest BCUT2D eigenvalue weighted by molar-refractivity contribution is -0.142. The smallest absolute Gasteiger partial charge is 0.308 e. The first-order valence-corrected chi connectivity index (χ1v) is 6.03. The number of para-hydroxylation sites is 1. The lowest BCUT2D eigenvalue weighted by atomic mass is 9.96. The summed E-state index contributed by atoms with van der Waals surface area (Å²) in [4.78, 5) is 11.0. The normalized spacial score (nSPS) is 12.5. The van der Waals surface area contributed by atoms with Crippen molar-refractivity contribution in [1.82, 2.24) is 0 Å². The molecule has 1 aromatic rings. The van der Waals surface area contributed by atoms with Crippen molar-refractivity contribution in [2.24, 2.45) is 11.8 Å². The fraction of sp³-hybridized carbons (Fsp3) is 0.417. The third-order valence-corrected chi connectivity index (χ3v) is 3.20. The Hall–Kier alpha value is -1.03. The van der Waals surface area contributed by atoms with E-state index in [1.807, 2.05) is 38.1 Å². The maximum absolute atomic E-state index is 11.0. The molecule has 1 unspecified atom stereocenters. The highest BCUT2D eigenvalue weighted by Crippen LogP contribution is 2.22. The van der Waals surface area contributed by atoms with Crippen molar-refractivity contribution < 1.29 is 9.90 Å². The lowest BCUT2D eigenvalue weighted by Crippen LogP contribution is -2.27. The zero-order chi connectivity index (χ0) is 12.1. The molecule has 0 amide bonds. The lowest BCUT2D eigenvalue weighted by Gasteiger charge is -2.18. The minimum absolute atomic E-state index is 0.118. The Labute approximate surface area is 104 Å². The van der Waals surface area contributed by atoms with Crippen LogP contribution in [-0.2, 0) is 4.79 Å². The van der Waals surface area contributed by atoms with Crippen molar-refractivity contribution in [3.63, 3.8) is 0 Å². The van der Waals surface area contributed by atoms with E-state index in [9.17, 15) is 4.79 Å². The van der Waals surface area contributed by atoms with Crippen LogP contribution in [0.25, 0.3) is 0 Å². The van der Waals surface area contributed by atoms with Crippen LogP contribution in [0.2, 0.25) is 0 Å². The van der Waals surface area contributed by atoms with E-state index in [0.29, 0.717) is 6.54 Å². The summed E-state index contributed by atoms with van der Waals surface area (Å²) in [5.41, 5.74) is 0.925. The first kappa shape index (κ1) is 13.0. The van der Waals surface area contributed by atoms with E-state index in [2.05, 4.69) is 21.2 Å². The van der Waals surface area contributed by atoms with E-state index in [1.165, 1.54) is 0 Å². The fourth-order valence-corrected chi connectivity index (χ4v) is 1.86. The number of carboxylic acids is 1. The Morgan fingerprint density at radius 2 is 2.06 bits per heavy atom. The van der Waals surface area contributed by atoms with Crippen LogP contribution >= 0.6 is 15.9 Å². The minimum atomic E-state index is -0.755. The third-order valence-electron chi connectivity index (χ3n) is 2.51. The molecule has 1 aromatic carbocycles. The van der Waals surface area contributed by atoms with Crippen LogP contribution in [0.3, 0.4) is 0 Å². The van der Waals surface area contributed by atoms with Gasteiger partial charge in [0, 0.05) is 16.7 Å². The van der Waals surface area contributed by atoms with Gasteiger partial charge in [0.2, 0.25) is 0 Å². The molecule has 1 atom stereocenters. The third kappa shape index (κ3) is 3.52. The van der Waals surface area contributed by atoms with Gasteiger partial charge in [0.15, 0.2) is 0 Å². The van der Waals surface area contributed by atoms with E-state index in [0.717, 1.165) is 10.2 Å². The molecular weight excluding hydrogens is 270 g/mol. The van der Waals surface area contributed by atoms with Crippen LogP contribution in [-0.4, -0.2) is 17.6 Å². The molecule has 4 heteroatoms. The predicted octanol–water partition coefficient (Wildman–Crippen LogP) is 3.22. The van der Waals surface area contributed by atoms with Gasteiger partial charge in [-0.2, -0.15) is 0 Å². The van der Waals surface area contributed by atoms with Crippen LogP contribution < -0.4 is 5.32 Å². The highest BCUT2D eigenvalue weighted by Gasteiger charge is 2.21. The van der Waals surface area contributed by atoms with E-state index in [4.69, 9.17) is 5.11 Å². The van der Waals surface area contributed by atoms with Gasteiger partial charge < -0.3 is 10.4 Å². The van der Waals surface area contributed by atoms with Crippen molar-refractivity contribution >= 4 is 27.6 Å². The number of hydrogen-bond donors (Lipinski definition) is 2. The number of carbonyl (C=O) groups is 1. The van der Waals surface area contributed by atoms with Crippen molar-refractivity contribution in [2.45, 2.75) is 13.8 Å². The van der Waals surface area contributed by atoms with Gasteiger partial charge in [-0.05, 0) is 34.0 Å². The minimum Gasteiger partial charge on any atom is -0.481 e. The van der Waals surface area contributed by atoms with Gasteiger partial charge in [-0.1, -0.05) is 26.0 Å². The van der Waals surface area contributed by atoms with Gasteiger partial charge in [0.05, 0.1) is 5.92 Å².